The maximum Gasteiger partial charge on any atom is 0.269 e. The van der Waals surface area contributed by atoms with Crippen molar-refractivity contribution >= 4 is 45.0 Å². The van der Waals surface area contributed by atoms with Crippen LogP contribution < -0.4 is 0 Å². The van der Waals surface area contributed by atoms with Crippen LogP contribution in [-0.4, -0.2) is 34.1 Å². The van der Waals surface area contributed by atoms with Crippen molar-refractivity contribution in [2.75, 3.05) is 0 Å². The van der Waals surface area contributed by atoms with E-state index < -0.39 is 0 Å². The van der Waals surface area contributed by atoms with E-state index in [1.54, 1.807) is 16.6 Å². The summed E-state index contributed by atoms with van der Waals surface area (Å²) in [5, 5.41) is 17.6. The molecular weight excluding hydrogens is 474 g/mol. The fourth-order valence-electron chi connectivity index (χ4n) is 4.37. The largest absolute Gasteiger partial charge is 0.328 e. The Morgan fingerprint density at radius 2 is 1.75 bits per heavy atom. The Bertz CT molecular complexity index is 1760. The van der Waals surface area contributed by atoms with E-state index in [-0.39, 0.29) is 10.6 Å². The van der Waals surface area contributed by atoms with E-state index in [4.69, 9.17) is 15.1 Å². The van der Waals surface area contributed by atoms with Gasteiger partial charge in [0, 0.05) is 36.2 Å². The maximum atomic E-state index is 11.1. The topological polar surface area (TPSA) is 104 Å². The third-order valence-electron chi connectivity index (χ3n) is 6.09. The summed E-state index contributed by atoms with van der Waals surface area (Å²) in [6, 6.07) is 22.7. The van der Waals surface area contributed by atoms with Gasteiger partial charge in [-0.05, 0) is 36.8 Å². The molecule has 0 bridgehead atoms. The average molecular weight is 496 g/mol. The van der Waals surface area contributed by atoms with E-state index in [0.717, 1.165) is 44.8 Å². The van der Waals surface area contributed by atoms with Crippen molar-refractivity contribution in [2.24, 2.45) is 0 Å². The minimum absolute atomic E-state index is 0.0788. The van der Waals surface area contributed by atoms with Crippen LogP contribution >= 0.6 is 11.8 Å². The van der Waals surface area contributed by atoms with Gasteiger partial charge in [0.1, 0.15) is 5.82 Å². The molecule has 0 fully saturated rings. The molecular formula is C26H21N7O2S. The predicted molar refractivity (Wildman–Crippen MR) is 139 cm³/mol. The van der Waals surface area contributed by atoms with Gasteiger partial charge in [0.15, 0.2) is 16.6 Å². The SMILES string of the molecule is Cc1nc2ccccc2n1CCc1nc2c3ccccc3nc(SCc3cccc([N+](=O)[O-])c3)n2n1. The minimum atomic E-state index is -0.379. The highest BCUT2D eigenvalue weighted by Crippen LogP contribution is 2.27. The number of aromatic nitrogens is 6. The first-order chi connectivity index (χ1) is 17.6. The second-order valence-corrected chi connectivity index (χ2v) is 9.38. The van der Waals surface area contributed by atoms with E-state index in [0.29, 0.717) is 23.9 Å². The van der Waals surface area contributed by atoms with Crippen LogP contribution in [0.25, 0.3) is 27.6 Å². The molecule has 10 heteroatoms. The van der Waals surface area contributed by atoms with Crippen molar-refractivity contribution in [1.29, 1.82) is 0 Å². The van der Waals surface area contributed by atoms with Crippen molar-refractivity contribution in [2.45, 2.75) is 30.8 Å². The standard InChI is InChI=1S/C26H21N7O2S/c1-17-27-22-11-4-5-12-23(22)31(17)14-13-24-29-25-20-9-2-3-10-21(20)28-26(32(25)30-24)36-16-18-7-6-8-19(15-18)33(34)35/h2-12,15H,13-14,16H2,1H3. The van der Waals surface area contributed by atoms with Crippen molar-refractivity contribution in [3.63, 3.8) is 0 Å². The van der Waals surface area contributed by atoms with Crippen molar-refractivity contribution in [1.82, 2.24) is 29.1 Å². The molecule has 0 amide bonds. The quantitative estimate of drug-likeness (QED) is 0.127. The zero-order chi connectivity index (χ0) is 24.6. The molecule has 0 N–H and O–H groups in total. The molecule has 178 valence electrons. The summed E-state index contributed by atoms with van der Waals surface area (Å²) in [6.07, 6.45) is 0.645. The number of aryl methyl sites for hydroxylation is 3. The molecule has 3 aromatic carbocycles. The summed E-state index contributed by atoms with van der Waals surface area (Å²) in [6.45, 7) is 2.72. The Kier molecular flexibility index (Phi) is 5.57. The molecule has 9 nitrogen and oxygen atoms in total. The van der Waals surface area contributed by atoms with Crippen LogP contribution in [0, 0.1) is 17.0 Å². The number of non-ortho nitro benzene ring substituents is 1. The van der Waals surface area contributed by atoms with E-state index in [2.05, 4.69) is 15.6 Å². The molecule has 3 aromatic heterocycles. The highest BCUT2D eigenvalue weighted by atomic mass is 32.2. The molecule has 0 unspecified atom stereocenters. The van der Waals surface area contributed by atoms with Gasteiger partial charge in [-0.2, -0.15) is 4.52 Å². The minimum Gasteiger partial charge on any atom is -0.328 e. The van der Waals surface area contributed by atoms with Gasteiger partial charge in [-0.15, -0.1) is 5.10 Å². The summed E-state index contributed by atoms with van der Waals surface area (Å²) < 4.78 is 3.98. The van der Waals surface area contributed by atoms with Crippen LogP contribution in [0.4, 0.5) is 5.69 Å². The van der Waals surface area contributed by atoms with Crippen LogP contribution in [0.1, 0.15) is 17.2 Å². The summed E-state index contributed by atoms with van der Waals surface area (Å²) in [7, 11) is 0. The number of nitro benzene ring substituents is 1. The summed E-state index contributed by atoms with van der Waals surface area (Å²) in [5.41, 5.74) is 4.59. The van der Waals surface area contributed by atoms with Gasteiger partial charge in [-0.3, -0.25) is 10.1 Å². The third kappa shape index (κ3) is 4.05. The third-order valence-corrected chi connectivity index (χ3v) is 7.09. The number of fused-ring (bicyclic) bond motifs is 4. The van der Waals surface area contributed by atoms with Crippen LogP contribution in [0.3, 0.4) is 0 Å². The van der Waals surface area contributed by atoms with Gasteiger partial charge >= 0.3 is 0 Å². The van der Waals surface area contributed by atoms with Crippen molar-refractivity contribution in [3.05, 3.63) is 100 Å². The Morgan fingerprint density at radius 3 is 2.61 bits per heavy atom. The Labute approximate surface area is 210 Å². The van der Waals surface area contributed by atoms with Crippen molar-refractivity contribution in [3.8, 4) is 0 Å². The lowest BCUT2D eigenvalue weighted by molar-refractivity contribution is -0.384. The number of imidazole rings is 1. The van der Waals surface area contributed by atoms with Gasteiger partial charge < -0.3 is 4.57 Å². The number of benzene rings is 3. The Balaban J connectivity index is 1.33. The second-order valence-electron chi connectivity index (χ2n) is 8.44. The Morgan fingerprint density at radius 1 is 0.944 bits per heavy atom. The predicted octanol–water partition coefficient (Wildman–Crippen LogP) is 5.38. The van der Waals surface area contributed by atoms with E-state index >= 15 is 0 Å². The number of hydrogen-bond donors (Lipinski definition) is 0. The zero-order valence-electron chi connectivity index (χ0n) is 19.4. The molecule has 6 rings (SSSR count). The van der Waals surface area contributed by atoms with Gasteiger partial charge in [0.05, 0.1) is 21.5 Å². The van der Waals surface area contributed by atoms with Crippen LogP contribution in [-0.2, 0) is 18.7 Å². The molecule has 0 saturated heterocycles. The van der Waals surface area contributed by atoms with E-state index in [1.165, 1.54) is 17.8 Å². The monoisotopic (exact) mass is 495 g/mol. The van der Waals surface area contributed by atoms with Crippen molar-refractivity contribution < 1.29 is 4.92 Å². The van der Waals surface area contributed by atoms with Gasteiger partial charge in [0.2, 0.25) is 0 Å². The lowest BCUT2D eigenvalue weighted by Crippen LogP contribution is -2.05. The fourth-order valence-corrected chi connectivity index (χ4v) is 5.26. The number of hydrogen-bond acceptors (Lipinski definition) is 7. The van der Waals surface area contributed by atoms with Crippen LogP contribution in [0.2, 0.25) is 0 Å². The first-order valence-electron chi connectivity index (χ1n) is 11.5. The molecule has 0 aliphatic carbocycles. The molecule has 0 spiro atoms. The second kappa shape index (κ2) is 9.04. The number of rotatable bonds is 7. The first kappa shape index (κ1) is 22.2. The number of nitrogens with zero attached hydrogens (tertiary/aromatic N) is 7. The lowest BCUT2D eigenvalue weighted by Gasteiger charge is -2.06. The fraction of sp³-hybridized carbons (Fsp3) is 0.154. The number of thioether (sulfide) groups is 1. The maximum absolute atomic E-state index is 11.1. The molecule has 0 radical (unpaired) electrons. The zero-order valence-corrected chi connectivity index (χ0v) is 20.2. The van der Waals surface area contributed by atoms with E-state index in [9.17, 15) is 10.1 Å². The van der Waals surface area contributed by atoms with Gasteiger partial charge in [-0.25, -0.2) is 15.0 Å². The highest BCUT2D eigenvalue weighted by Gasteiger charge is 2.16. The molecule has 0 aliphatic heterocycles. The Hall–Kier alpha value is -4.31. The first-order valence-corrected chi connectivity index (χ1v) is 12.5. The molecule has 36 heavy (non-hydrogen) atoms. The smallest absolute Gasteiger partial charge is 0.269 e. The highest BCUT2D eigenvalue weighted by molar-refractivity contribution is 7.98. The molecule has 3 heterocycles. The van der Waals surface area contributed by atoms with Crippen LogP contribution in [0.5, 0.6) is 0 Å². The molecule has 0 saturated carbocycles. The summed E-state index contributed by atoms with van der Waals surface area (Å²) in [4.78, 5) is 25.1. The van der Waals surface area contributed by atoms with Crippen LogP contribution in [0.15, 0.2) is 78.0 Å². The van der Waals surface area contributed by atoms with Gasteiger partial charge in [0.25, 0.3) is 5.69 Å². The molecule has 0 atom stereocenters. The molecule has 6 aromatic rings. The normalized spacial score (nSPS) is 11.6. The molecule has 0 aliphatic rings. The lowest BCUT2D eigenvalue weighted by atomic mass is 10.2. The summed E-state index contributed by atoms with van der Waals surface area (Å²) in [5.74, 6) is 2.21. The van der Waals surface area contributed by atoms with Gasteiger partial charge in [-0.1, -0.05) is 48.2 Å². The number of para-hydroxylation sites is 3. The number of nitro groups is 1. The summed E-state index contributed by atoms with van der Waals surface area (Å²) >= 11 is 1.48. The average Bonchev–Trinajstić information content (AvgIpc) is 3.46. The van der Waals surface area contributed by atoms with E-state index in [1.807, 2.05) is 55.5 Å².